The molecule has 70 valence electrons. The summed E-state index contributed by atoms with van der Waals surface area (Å²) in [6.45, 7) is 7.13. The summed E-state index contributed by atoms with van der Waals surface area (Å²) in [6.07, 6.45) is 0. The third-order valence-electron chi connectivity index (χ3n) is 2.82. The number of carboxylic acids is 1. The molecule has 1 aliphatic carbocycles. The number of aliphatic carboxylic acids is 1. The van der Waals surface area contributed by atoms with E-state index in [9.17, 15) is 4.79 Å². The van der Waals surface area contributed by atoms with Crippen LogP contribution in [0, 0.1) is 17.3 Å². The van der Waals surface area contributed by atoms with E-state index in [2.05, 4.69) is 0 Å². The molecule has 0 aromatic carbocycles. The van der Waals surface area contributed by atoms with Crippen LogP contribution in [0.1, 0.15) is 20.8 Å². The van der Waals surface area contributed by atoms with Gasteiger partial charge in [0.05, 0.1) is 12.5 Å². The first-order chi connectivity index (χ1) is 5.51. The highest BCUT2D eigenvalue weighted by molar-refractivity contribution is 5.75. The van der Waals surface area contributed by atoms with Crippen LogP contribution in [-0.4, -0.2) is 24.3 Å². The Morgan fingerprint density at radius 1 is 1.58 bits per heavy atom. The quantitative estimate of drug-likeness (QED) is 0.696. The molecule has 0 heterocycles. The van der Waals surface area contributed by atoms with Gasteiger partial charge in [-0.1, -0.05) is 13.8 Å². The summed E-state index contributed by atoms with van der Waals surface area (Å²) >= 11 is 0. The van der Waals surface area contributed by atoms with Gasteiger partial charge in [0.15, 0.2) is 0 Å². The van der Waals surface area contributed by atoms with E-state index >= 15 is 0 Å². The molecular formula is C9H16O3. The Hall–Kier alpha value is -0.570. The predicted molar refractivity (Wildman–Crippen MR) is 44.9 cm³/mol. The normalized spacial score (nSPS) is 31.6. The summed E-state index contributed by atoms with van der Waals surface area (Å²) in [4.78, 5) is 10.7. The molecule has 1 saturated carbocycles. The van der Waals surface area contributed by atoms with E-state index in [-0.39, 0.29) is 17.3 Å². The maximum Gasteiger partial charge on any atom is 0.307 e. The molecule has 0 aliphatic heterocycles. The number of hydrogen-bond donors (Lipinski definition) is 1. The van der Waals surface area contributed by atoms with Crippen LogP contribution in [0.15, 0.2) is 0 Å². The van der Waals surface area contributed by atoms with E-state index in [0.717, 1.165) is 0 Å². The van der Waals surface area contributed by atoms with Gasteiger partial charge in [0, 0.05) is 12.5 Å². The lowest BCUT2D eigenvalue weighted by Gasteiger charge is -2.01. The van der Waals surface area contributed by atoms with Gasteiger partial charge in [-0.2, -0.15) is 0 Å². The third-order valence-corrected chi connectivity index (χ3v) is 2.82. The van der Waals surface area contributed by atoms with Gasteiger partial charge >= 0.3 is 5.97 Å². The molecule has 12 heavy (non-hydrogen) atoms. The van der Waals surface area contributed by atoms with Crippen molar-refractivity contribution in [2.24, 2.45) is 17.3 Å². The molecule has 3 heteroatoms. The van der Waals surface area contributed by atoms with Gasteiger partial charge in [-0.15, -0.1) is 0 Å². The van der Waals surface area contributed by atoms with Crippen LogP contribution in [0.3, 0.4) is 0 Å². The van der Waals surface area contributed by atoms with Crippen LogP contribution in [0.4, 0.5) is 0 Å². The first-order valence-corrected chi connectivity index (χ1v) is 4.32. The molecule has 0 unspecified atom stereocenters. The van der Waals surface area contributed by atoms with Crippen LogP contribution in [0.2, 0.25) is 0 Å². The van der Waals surface area contributed by atoms with Crippen molar-refractivity contribution >= 4 is 5.97 Å². The Bertz CT molecular complexity index is 186. The third kappa shape index (κ3) is 1.46. The second-order valence-corrected chi connectivity index (χ2v) is 3.90. The highest BCUT2D eigenvalue weighted by Crippen LogP contribution is 2.58. The van der Waals surface area contributed by atoms with E-state index in [1.54, 1.807) is 0 Å². The molecule has 0 spiro atoms. The molecule has 0 amide bonds. The highest BCUT2D eigenvalue weighted by Gasteiger charge is 2.61. The fourth-order valence-electron chi connectivity index (χ4n) is 1.79. The van der Waals surface area contributed by atoms with E-state index in [4.69, 9.17) is 9.84 Å². The SMILES string of the molecule is CCOC[C@H]1[C@@H](C(=O)O)C1(C)C. The summed E-state index contributed by atoms with van der Waals surface area (Å²) in [5, 5.41) is 8.80. The van der Waals surface area contributed by atoms with E-state index in [1.165, 1.54) is 0 Å². The Morgan fingerprint density at radius 3 is 2.50 bits per heavy atom. The number of carbonyl (C=O) groups is 1. The van der Waals surface area contributed by atoms with Crippen LogP contribution < -0.4 is 0 Å². The monoisotopic (exact) mass is 172 g/mol. The lowest BCUT2D eigenvalue weighted by atomic mass is 10.1. The van der Waals surface area contributed by atoms with E-state index in [0.29, 0.717) is 13.2 Å². The second kappa shape index (κ2) is 3.05. The van der Waals surface area contributed by atoms with Crippen molar-refractivity contribution < 1.29 is 14.6 Å². The van der Waals surface area contributed by atoms with Crippen molar-refractivity contribution in [3.05, 3.63) is 0 Å². The van der Waals surface area contributed by atoms with Gasteiger partial charge in [0.25, 0.3) is 0 Å². The molecule has 0 radical (unpaired) electrons. The largest absolute Gasteiger partial charge is 0.481 e. The minimum Gasteiger partial charge on any atom is -0.481 e. The van der Waals surface area contributed by atoms with Gasteiger partial charge in [0.2, 0.25) is 0 Å². The summed E-state index contributed by atoms with van der Waals surface area (Å²) in [6, 6.07) is 0. The number of ether oxygens (including phenoxy) is 1. The average Bonchev–Trinajstić information content (AvgIpc) is 2.49. The number of carboxylic acid groups (broad SMARTS) is 1. The fourth-order valence-corrected chi connectivity index (χ4v) is 1.79. The van der Waals surface area contributed by atoms with E-state index in [1.807, 2.05) is 20.8 Å². The molecule has 0 bridgehead atoms. The zero-order valence-electron chi connectivity index (χ0n) is 7.83. The standard InChI is InChI=1S/C9H16O3/c1-4-12-5-6-7(8(10)11)9(6,2)3/h6-7H,4-5H2,1-3H3,(H,10,11)/t6-,7-/m0/s1. The van der Waals surface area contributed by atoms with Crippen LogP contribution in [-0.2, 0) is 9.53 Å². The number of rotatable bonds is 4. The Balaban J connectivity index is 2.43. The van der Waals surface area contributed by atoms with Gasteiger partial charge in [-0.05, 0) is 12.3 Å². The molecule has 1 aliphatic rings. The molecule has 1 fully saturated rings. The first kappa shape index (κ1) is 9.52. The summed E-state index contributed by atoms with van der Waals surface area (Å²) < 4.78 is 5.21. The molecule has 1 rings (SSSR count). The Kier molecular flexibility index (Phi) is 2.42. The lowest BCUT2D eigenvalue weighted by Crippen LogP contribution is -2.04. The molecule has 0 aromatic rings. The lowest BCUT2D eigenvalue weighted by molar-refractivity contribution is -0.139. The molecular weight excluding hydrogens is 156 g/mol. The van der Waals surface area contributed by atoms with Crippen molar-refractivity contribution in [3.8, 4) is 0 Å². The van der Waals surface area contributed by atoms with Crippen molar-refractivity contribution in [2.75, 3.05) is 13.2 Å². The van der Waals surface area contributed by atoms with Gasteiger partial charge in [0.1, 0.15) is 0 Å². The number of hydrogen-bond acceptors (Lipinski definition) is 2. The first-order valence-electron chi connectivity index (χ1n) is 4.32. The molecule has 2 atom stereocenters. The summed E-state index contributed by atoms with van der Waals surface area (Å²) in [5.74, 6) is -0.691. The maximum atomic E-state index is 10.7. The fraction of sp³-hybridized carbons (Fsp3) is 0.889. The minimum atomic E-state index is -0.690. The topological polar surface area (TPSA) is 46.5 Å². The van der Waals surface area contributed by atoms with Crippen LogP contribution in [0.5, 0.6) is 0 Å². The molecule has 0 saturated heterocycles. The highest BCUT2D eigenvalue weighted by atomic mass is 16.5. The second-order valence-electron chi connectivity index (χ2n) is 3.90. The molecule has 1 N–H and O–H groups in total. The van der Waals surface area contributed by atoms with Gasteiger partial charge in [-0.25, -0.2) is 0 Å². The minimum absolute atomic E-state index is 0.0684. The van der Waals surface area contributed by atoms with Crippen molar-refractivity contribution in [2.45, 2.75) is 20.8 Å². The molecule has 3 nitrogen and oxygen atoms in total. The van der Waals surface area contributed by atoms with Crippen molar-refractivity contribution in [3.63, 3.8) is 0 Å². The molecule has 0 aromatic heterocycles. The maximum absolute atomic E-state index is 10.7. The predicted octanol–water partition coefficient (Wildman–Crippen LogP) is 1.38. The van der Waals surface area contributed by atoms with E-state index < -0.39 is 5.97 Å². The zero-order chi connectivity index (χ0) is 9.35. The summed E-state index contributed by atoms with van der Waals surface area (Å²) in [7, 11) is 0. The van der Waals surface area contributed by atoms with Crippen molar-refractivity contribution in [1.82, 2.24) is 0 Å². The zero-order valence-corrected chi connectivity index (χ0v) is 7.83. The van der Waals surface area contributed by atoms with Gasteiger partial charge < -0.3 is 9.84 Å². The van der Waals surface area contributed by atoms with Crippen LogP contribution >= 0.6 is 0 Å². The Morgan fingerprint density at radius 2 is 2.17 bits per heavy atom. The Labute approximate surface area is 72.7 Å². The van der Waals surface area contributed by atoms with Crippen molar-refractivity contribution in [1.29, 1.82) is 0 Å². The average molecular weight is 172 g/mol. The van der Waals surface area contributed by atoms with Crippen LogP contribution in [0.25, 0.3) is 0 Å². The van der Waals surface area contributed by atoms with Gasteiger partial charge in [-0.3, -0.25) is 4.79 Å². The smallest absolute Gasteiger partial charge is 0.307 e. The summed E-state index contributed by atoms with van der Waals surface area (Å²) in [5.41, 5.74) is -0.0684.